The van der Waals surface area contributed by atoms with Crippen LogP contribution in [0.1, 0.15) is 96.9 Å². The van der Waals surface area contributed by atoms with Crippen LogP contribution in [0.2, 0.25) is 0 Å². The molecule has 0 radical (unpaired) electrons. The molecule has 0 saturated heterocycles. The van der Waals surface area contributed by atoms with E-state index < -0.39 is 0 Å². The Balaban J connectivity index is -0.0000000943. The van der Waals surface area contributed by atoms with Crippen LogP contribution in [0.4, 0.5) is 0 Å². The molecule has 0 rings (SSSR count). The summed E-state index contributed by atoms with van der Waals surface area (Å²) < 4.78 is 0. The Bertz CT molecular complexity index is 317. The van der Waals surface area contributed by atoms with Crippen molar-refractivity contribution in [3.05, 3.63) is 0 Å². The molecular formula is C22H48Cl2N2P2Ru. The molecule has 0 aromatic carbocycles. The van der Waals surface area contributed by atoms with Gasteiger partial charge in [-0.2, -0.15) is 10.5 Å². The molecule has 0 amide bonds. The van der Waals surface area contributed by atoms with Gasteiger partial charge in [-0.05, 0) is 34.0 Å². The average molecular weight is 575 g/mol. The van der Waals surface area contributed by atoms with Crippen LogP contribution in [0.25, 0.3) is 0 Å². The van der Waals surface area contributed by atoms with Gasteiger partial charge in [-0.3, -0.25) is 0 Å². The maximum absolute atomic E-state index is 7.32. The fraction of sp³-hybridized carbons (Fsp3) is 0.909. The molecule has 0 N–H and O–H groups in total. The molecule has 0 saturated carbocycles. The van der Waals surface area contributed by atoms with Gasteiger partial charge in [0.15, 0.2) is 0 Å². The number of nitrogens with zero attached hydrogens (tertiary/aromatic N) is 2. The van der Waals surface area contributed by atoms with Gasteiger partial charge in [0.05, 0.1) is 12.1 Å². The Morgan fingerprint density at radius 3 is 0.586 bits per heavy atom. The molecule has 0 unspecified atom stereocenters. The fourth-order valence-electron chi connectivity index (χ4n) is 3.58. The first-order valence-electron chi connectivity index (χ1n) is 10.2. The minimum atomic E-state index is -0.346. The summed E-state index contributed by atoms with van der Waals surface area (Å²) in [6, 6.07) is 3.50. The van der Waals surface area contributed by atoms with Crippen molar-refractivity contribution in [2.75, 3.05) is 0 Å². The number of halogens is 2. The Labute approximate surface area is 203 Å². The summed E-state index contributed by atoms with van der Waals surface area (Å²) in [5.74, 6) is 0. The van der Waals surface area contributed by atoms with Crippen LogP contribution in [0.5, 0.6) is 0 Å². The molecule has 0 bridgehead atoms. The predicted molar refractivity (Wildman–Crippen MR) is 139 cm³/mol. The van der Waals surface area contributed by atoms with Gasteiger partial charge < -0.3 is 0 Å². The molecule has 0 aliphatic heterocycles. The third kappa shape index (κ3) is 33.9. The number of nitriles is 2. The number of hydrogen-bond donors (Lipinski definition) is 0. The standard InChI is InChI=1S/2C9H21P.2C2H3N.2ClH.Ru/c2*1-7(2)10(8(3)4)9(5)6;2*1-2-3;;;/h2*7-9H,1-6H3;2*1H3;2*1H;/q;;;;;;+2/p-2. The molecule has 2 nitrogen and oxygen atoms in total. The molecule has 0 fully saturated rings. The summed E-state index contributed by atoms with van der Waals surface area (Å²) in [7, 11) is 10.2. The topological polar surface area (TPSA) is 47.6 Å². The maximum atomic E-state index is 7.32. The van der Waals surface area contributed by atoms with Crippen molar-refractivity contribution in [1.82, 2.24) is 0 Å². The zero-order valence-electron chi connectivity index (χ0n) is 21.4. The number of hydrogen-bond acceptors (Lipinski definition) is 2. The zero-order chi connectivity index (χ0) is 24.7. The van der Waals surface area contributed by atoms with Gasteiger partial charge in [-0.1, -0.05) is 98.9 Å². The van der Waals surface area contributed by atoms with Crippen LogP contribution in [0, 0.1) is 22.7 Å². The summed E-state index contributed by atoms with van der Waals surface area (Å²) in [4.78, 5) is 0. The second kappa shape index (κ2) is 29.0. The predicted octanol–water partition coefficient (Wildman–Crippen LogP) is 9.82. The molecule has 29 heavy (non-hydrogen) atoms. The van der Waals surface area contributed by atoms with E-state index in [4.69, 9.17) is 29.9 Å². The number of rotatable bonds is 6. The van der Waals surface area contributed by atoms with Crippen molar-refractivity contribution in [2.45, 2.75) is 131 Å². The molecule has 0 aliphatic rings. The average Bonchev–Trinajstić information content (AvgIpc) is 2.47. The quantitative estimate of drug-likeness (QED) is 0.234. The van der Waals surface area contributed by atoms with E-state index in [1.54, 1.807) is 12.1 Å². The van der Waals surface area contributed by atoms with E-state index in [9.17, 15) is 0 Å². The molecule has 0 heterocycles. The monoisotopic (exact) mass is 574 g/mol. The van der Waals surface area contributed by atoms with Gasteiger partial charge in [0.25, 0.3) is 0 Å². The molecular weight excluding hydrogens is 526 g/mol. The van der Waals surface area contributed by atoms with Crippen LogP contribution < -0.4 is 0 Å². The normalized spacial score (nSPS) is 10.0. The molecule has 0 spiro atoms. The molecule has 0 atom stereocenters. The van der Waals surface area contributed by atoms with Gasteiger partial charge in [-0.25, -0.2) is 0 Å². The Morgan fingerprint density at radius 2 is 0.586 bits per heavy atom. The van der Waals surface area contributed by atoms with E-state index in [0.717, 1.165) is 34.0 Å². The van der Waals surface area contributed by atoms with Crippen LogP contribution >= 0.6 is 35.2 Å². The van der Waals surface area contributed by atoms with E-state index in [1.165, 1.54) is 13.8 Å². The van der Waals surface area contributed by atoms with E-state index >= 15 is 0 Å². The van der Waals surface area contributed by atoms with Gasteiger partial charge >= 0.3 is 34.5 Å². The molecule has 0 aliphatic carbocycles. The first kappa shape index (κ1) is 40.4. The summed E-state index contributed by atoms with van der Waals surface area (Å²) in [5, 5.41) is 14.6. The summed E-state index contributed by atoms with van der Waals surface area (Å²) in [5.41, 5.74) is 5.39. The van der Waals surface area contributed by atoms with Crippen molar-refractivity contribution >= 4 is 35.2 Å². The van der Waals surface area contributed by atoms with Crippen molar-refractivity contribution in [3.8, 4) is 12.1 Å². The van der Waals surface area contributed by atoms with Crippen molar-refractivity contribution in [1.29, 1.82) is 10.5 Å². The Kier molecular flexibility index (Phi) is 40.5. The van der Waals surface area contributed by atoms with Gasteiger partial charge in [-0.15, -0.1) is 0 Å². The first-order chi connectivity index (χ1) is 13.2. The van der Waals surface area contributed by atoms with Crippen molar-refractivity contribution in [2.24, 2.45) is 0 Å². The van der Waals surface area contributed by atoms with Crippen LogP contribution in [-0.4, -0.2) is 34.0 Å². The fourth-order valence-corrected chi connectivity index (χ4v) is 10.7. The minimum absolute atomic E-state index is 0.262. The van der Waals surface area contributed by atoms with Gasteiger partial charge in [0, 0.05) is 13.8 Å². The molecule has 0 aromatic heterocycles. The first-order valence-corrected chi connectivity index (χ1v) is 17.8. The summed E-state index contributed by atoms with van der Waals surface area (Å²) in [6.45, 7) is 31.1. The molecule has 7 heteroatoms. The van der Waals surface area contributed by atoms with Crippen LogP contribution in [0.3, 0.4) is 0 Å². The Hall–Kier alpha value is 1.04. The second-order valence-electron chi connectivity index (χ2n) is 7.95. The van der Waals surface area contributed by atoms with E-state index in [1.807, 2.05) is 0 Å². The zero-order valence-corrected chi connectivity index (χ0v) is 26.4. The van der Waals surface area contributed by atoms with E-state index in [-0.39, 0.29) is 31.0 Å². The van der Waals surface area contributed by atoms with Crippen molar-refractivity contribution < 1.29 is 15.1 Å². The summed E-state index contributed by atoms with van der Waals surface area (Å²) in [6.07, 6.45) is 0. The van der Waals surface area contributed by atoms with Crippen molar-refractivity contribution in [3.63, 3.8) is 0 Å². The third-order valence-corrected chi connectivity index (χ3v) is 10.7. The summed E-state index contributed by atoms with van der Waals surface area (Å²) >= 11 is -0.346. The molecule has 178 valence electrons. The van der Waals surface area contributed by atoms with Gasteiger partial charge in [0.2, 0.25) is 0 Å². The van der Waals surface area contributed by atoms with Crippen LogP contribution in [0.15, 0.2) is 0 Å². The third-order valence-electron chi connectivity index (χ3n) is 3.58. The second-order valence-corrected chi connectivity index (χ2v) is 18.6. The van der Waals surface area contributed by atoms with E-state index in [2.05, 4.69) is 83.1 Å². The van der Waals surface area contributed by atoms with E-state index in [0.29, 0.717) is 0 Å². The van der Waals surface area contributed by atoms with Gasteiger partial charge in [0.1, 0.15) is 0 Å². The Morgan fingerprint density at radius 1 is 0.517 bits per heavy atom. The SMILES string of the molecule is CC#N.CC#N.CC(C)P(C(C)C)C(C)C.CC(C)P(C(C)C)C(C)C.[Cl][Ru][Cl]. The van der Waals surface area contributed by atoms with Crippen LogP contribution in [-0.2, 0) is 15.1 Å². The molecule has 0 aromatic rings.